The maximum absolute atomic E-state index is 11.6. The standard InChI is InChI=1S/C14H18BrNO4/c1-4-19-12-6-10(7-17)5-11(15)14(12)20-8-13(18)16-9(2)3/h5-7,9H,4,8H2,1-3H3,(H,16,18). The number of halogens is 1. The molecule has 0 heterocycles. The van der Waals surface area contributed by atoms with Gasteiger partial charge in [0.15, 0.2) is 18.1 Å². The quantitative estimate of drug-likeness (QED) is 0.772. The minimum Gasteiger partial charge on any atom is -0.490 e. The van der Waals surface area contributed by atoms with Gasteiger partial charge in [0.1, 0.15) is 6.29 Å². The summed E-state index contributed by atoms with van der Waals surface area (Å²) in [4.78, 5) is 22.4. The number of carbonyl (C=O) groups is 2. The summed E-state index contributed by atoms with van der Waals surface area (Å²) in [7, 11) is 0. The number of hydrogen-bond acceptors (Lipinski definition) is 4. The highest BCUT2D eigenvalue weighted by Gasteiger charge is 2.14. The summed E-state index contributed by atoms with van der Waals surface area (Å²) in [6.45, 7) is 5.90. The van der Waals surface area contributed by atoms with Crippen molar-refractivity contribution < 1.29 is 19.1 Å². The number of aldehydes is 1. The molecular formula is C14H18BrNO4. The Balaban J connectivity index is 2.87. The molecule has 1 N–H and O–H groups in total. The number of rotatable bonds is 7. The third-order valence-corrected chi connectivity index (χ3v) is 2.85. The molecule has 0 radical (unpaired) electrons. The zero-order valence-electron chi connectivity index (χ0n) is 11.7. The summed E-state index contributed by atoms with van der Waals surface area (Å²) in [6, 6.07) is 3.25. The van der Waals surface area contributed by atoms with Gasteiger partial charge in [-0.15, -0.1) is 0 Å². The van der Waals surface area contributed by atoms with E-state index in [1.54, 1.807) is 12.1 Å². The first-order valence-corrected chi connectivity index (χ1v) is 7.10. The Labute approximate surface area is 126 Å². The van der Waals surface area contributed by atoms with Gasteiger partial charge in [0, 0.05) is 11.6 Å². The van der Waals surface area contributed by atoms with E-state index in [1.165, 1.54) is 0 Å². The normalized spacial score (nSPS) is 10.2. The Morgan fingerprint density at radius 1 is 1.40 bits per heavy atom. The summed E-state index contributed by atoms with van der Waals surface area (Å²) in [6.07, 6.45) is 0.725. The van der Waals surface area contributed by atoms with E-state index in [1.807, 2.05) is 20.8 Å². The number of benzene rings is 1. The highest BCUT2D eigenvalue weighted by atomic mass is 79.9. The summed E-state index contributed by atoms with van der Waals surface area (Å²) in [5.74, 6) is 0.631. The van der Waals surface area contributed by atoms with Gasteiger partial charge in [0.2, 0.25) is 0 Å². The molecule has 0 aliphatic rings. The van der Waals surface area contributed by atoms with Crippen molar-refractivity contribution in [1.82, 2.24) is 5.32 Å². The molecule has 1 amide bonds. The molecule has 0 unspecified atom stereocenters. The fourth-order valence-electron chi connectivity index (χ4n) is 1.56. The fourth-order valence-corrected chi connectivity index (χ4v) is 2.13. The molecule has 1 aromatic carbocycles. The monoisotopic (exact) mass is 343 g/mol. The average Bonchev–Trinajstić information content (AvgIpc) is 2.36. The lowest BCUT2D eigenvalue weighted by Crippen LogP contribution is -2.34. The first-order valence-electron chi connectivity index (χ1n) is 6.31. The van der Waals surface area contributed by atoms with Crippen LogP contribution in [-0.2, 0) is 4.79 Å². The Kier molecular flexibility index (Phi) is 6.51. The van der Waals surface area contributed by atoms with Crippen LogP contribution in [0.4, 0.5) is 0 Å². The molecule has 1 rings (SSSR count). The van der Waals surface area contributed by atoms with E-state index >= 15 is 0 Å². The lowest BCUT2D eigenvalue weighted by molar-refractivity contribution is -0.123. The van der Waals surface area contributed by atoms with Gasteiger partial charge in [-0.1, -0.05) is 0 Å². The minimum atomic E-state index is -0.214. The van der Waals surface area contributed by atoms with Crippen molar-refractivity contribution in [2.45, 2.75) is 26.8 Å². The molecule has 110 valence electrons. The van der Waals surface area contributed by atoms with Crippen LogP contribution in [0.15, 0.2) is 16.6 Å². The van der Waals surface area contributed by atoms with Crippen LogP contribution >= 0.6 is 15.9 Å². The summed E-state index contributed by atoms with van der Waals surface area (Å²) in [5, 5.41) is 2.73. The second-order valence-corrected chi connectivity index (χ2v) is 5.25. The van der Waals surface area contributed by atoms with Crippen molar-refractivity contribution in [3.05, 3.63) is 22.2 Å². The third kappa shape index (κ3) is 4.85. The molecular weight excluding hydrogens is 326 g/mol. The van der Waals surface area contributed by atoms with Crippen LogP contribution in [0.2, 0.25) is 0 Å². The van der Waals surface area contributed by atoms with Gasteiger partial charge in [0.05, 0.1) is 11.1 Å². The largest absolute Gasteiger partial charge is 0.490 e. The molecule has 5 nitrogen and oxygen atoms in total. The third-order valence-electron chi connectivity index (χ3n) is 2.27. The van der Waals surface area contributed by atoms with Crippen LogP contribution in [-0.4, -0.2) is 31.4 Å². The zero-order valence-corrected chi connectivity index (χ0v) is 13.3. The average molecular weight is 344 g/mol. The molecule has 0 spiro atoms. The summed E-state index contributed by atoms with van der Waals surface area (Å²) in [5.41, 5.74) is 0.472. The first-order chi connectivity index (χ1) is 9.47. The summed E-state index contributed by atoms with van der Waals surface area (Å²) >= 11 is 3.31. The molecule has 1 aromatic rings. The van der Waals surface area contributed by atoms with Crippen molar-refractivity contribution in [2.24, 2.45) is 0 Å². The summed E-state index contributed by atoms with van der Waals surface area (Å²) < 4.78 is 11.5. The maximum Gasteiger partial charge on any atom is 0.258 e. The Hall–Kier alpha value is -1.56. The van der Waals surface area contributed by atoms with Crippen LogP contribution in [0.25, 0.3) is 0 Å². The van der Waals surface area contributed by atoms with Crippen molar-refractivity contribution >= 4 is 28.1 Å². The number of amides is 1. The van der Waals surface area contributed by atoms with Crippen molar-refractivity contribution in [1.29, 1.82) is 0 Å². The predicted octanol–water partition coefficient (Wildman–Crippen LogP) is 2.56. The Morgan fingerprint density at radius 2 is 2.10 bits per heavy atom. The highest BCUT2D eigenvalue weighted by molar-refractivity contribution is 9.10. The molecule has 0 aliphatic carbocycles. The van der Waals surface area contributed by atoms with Crippen LogP contribution in [0.1, 0.15) is 31.1 Å². The molecule has 20 heavy (non-hydrogen) atoms. The van der Waals surface area contributed by atoms with Crippen LogP contribution < -0.4 is 14.8 Å². The first kappa shape index (κ1) is 16.5. The molecule has 6 heteroatoms. The van der Waals surface area contributed by atoms with Gasteiger partial charge < -0.3 is 14.8 Å². The van der Waals surface area contributed by atoms with Gasteiger partial charge >= 0.3 is 0 Å². The predicted molar refractivity (Wildman–Crippen MR) is 79.5 cm³/mol. The van der Waals surface area contributed by atoms with E-state index in [0.717, 1.165) is 6.29 Å². The number of ether oxygens (including phenoxy) is 2. The molecule has 0 atom stereocenters. The van der Waals surface area contributed by atoms with Gasteiger partial charge in [-0.25, -0.2) is 0 Å². The maximum atomic E-state index is 11.6. The molecule has 0 bridgehead atoms. The van der Waals surface area contributed by atoms with E-state index in [-0.39, 0.29) is 18.6 Å². The van der Waals surface area contributed by atoms with Crippen LogP contribution in [0, 0.1) is 0 Å². The van der Waals surface area contributed by atoms with Gasteiger partial charge in [-0.3, -0.25) is 9.59 Å². The molecule has 0 aliphatic heterocycles. The van der Waals surface area contributed by atoms with Crippen molar-refractivity contribution in [2.75, 3.05) is 13.2 Å². The van der Waals surface area contributed by atoms with Crippen LogP contribution in [0.3, 0.4) is 0 Å². The SMILES string of the molecule is CCOc1cc(C=O)cc(Br)c1OCC(=O)NC(C)C. The van der Waals surface area contributed by atoms with E-state index < -0.39 is 0 Å². The lowest BCUT2D eigenvalue weighted by atomic mass is 10.2. The molecule has 0 saturated carbocycles. The lowest BCUT2D eigenvalue weighted by Gasteiger charge is -2.15. The molecule has 0 fully saturated rings. The number of nitrogens with one attached hydrogen (secondary N) is 1. The van der Waals surface area contributed by atoms with Gasteiger partial charge in [-0.2, -0.15) is 0 Å². The fraction of sp³-hybridized carbons (Fsp3) is 0.429. The number of hydrogen-bond donors (Lipinski definition) is 1. The molecule has 0 aromatic heterocycles. The van der Waals surface area contributed by atoms with E-state index in [9.17, 15) is 9.59 Å². The Bertz CT molecular complexity index is 488. The van der Waals surface area contributed by atoms with E-state index in [4.69, 9.17) is 9.47 Å². The Morgan fingerprint density at radius 3 is 2.65 bits per heavy atom. The van der Waals surface area contributed by atoms with Gasteiger partial charge in [-0.05, 0) is 48.8 Å². The van der Waals surface area contributed by atoms with Gasteiger partial charge in [0.25, 0.3) is 5.91 Å². The zero-order chi connectivity index (χ0) is 15.1. The molecule has 0 saturated heterocycles. The van der Waals surface area contributed by atoms with Crippen molar-refractivity contribution in [3.63, 3.8) is 0 Å². The van der Waals surface area contributed by atoms with Crippen molar-refractivity contribution in [3.8, 4) is 11.5 Å². The van der Waals surface area contributed by atoms with E-state index in [2.05, 4.69) is 21.2 Å². The second-order valence-electron chi connectivity index (χ2n) is 4.39. The highest BCUT2D eigenvalue weighted by Crippen LogP contribution is 2.36. The van der Waals surface area contributed by atoms with Crippen LogP contribution in [0.5, 0.6) is 11.5 Å². The topological polar surface area (TPSA) is 64.6 Å². The smallest absolute Gasteiger partial charge is 0.258 e. The minimum absolute atomic E-state index is 0.0540. The number of carbonyl (C=O) groups excluding carboxylic acids is 2. The van der Waals surface area contributed by atoms with E-state index in [0.29, 0.717) is 28.1 Å². The second kappa shape index (κ2) is 7.89.